The van der Waals surface area contributed by atoms with Crippen LogP contribution in [-0.4, -0.2) is 25.7 Å². The number of hydrogen-bond acceptors (Lipinski definition) is 3. The summed E-state index contributed by atoms with van der Waals surface area (Å²) in [6.07, 6.45) is 0. The van der Waals surface area contributed by atoms with E-state index < -0.39 is 0 Å². The second kappa shape index (κ2) is 9.11. The summed E-state index contributed by atoms with van der Waals surface area (Å²) in [7, 11) is 0. The van der Waals surface area contributed by atoms with Crippen molar-refractivity contribution in [1.29, 1.82) is 0 Å². The summed E-state index contributed by atoms with van der Waals surface area (Å²) >= 11 is 0. The summed E-state index contributed by atoms with van der Waals surface area (Å²) in [5.74, 6) is 1.85. The highest BCUT2D eigenvalue weighted by Crippen LogP contribution is 2.18. The Morgan fingerprint density at radius 1 is 0.960 bits per heavy atom. The normalized spacial score (nSPS) is 10.6. The Kier molecular flexibility index (Phi) is 6.87. The lowest BCUT2D eigenvalue weighted by molar-refractivity contribution is -0.123. The number of hydrogen-bond donors (Lipinski definition) is 1. The maximum atomic E-state index is 11.8. The Labute approximate surface area is 150 Å². The minimum atomic E-state index is -0.156. The number of amides is 1. The molecule has 0 radical (unpaired) electrons. The van der Waals surface area contributed by atoms with Crippen LogP contribution in [0.5, 0.6) is 11.5 Å². The van der Waals surface area contributed by atoms with Crippen molar-refractivity contribution in [3.05, 3.63) is 59.2 Å². The van der Waals surface area contributed by atoms with E-state index in [1.54, 1.807) is 0 Å². The Hall–Kier alpha value is -2.49. The number of benzene rings is 2. The highest BCUT2D eigenvalue weighted by Gasteiger charge is 2.04. The molecule has 0 aliphatic heterocycles. The largest absolute Gasteiger partial charge is 0.492 e. The maximum Gasteiger partial charge on any atom is 0.258 e. The monoisotopic (exact) mass is 341 g/mol. The molecule has 2 aromatic rings. The van der Waals surface area contributed by atoms with Gasteiger partial charge in [-0.2, -0.15) is 0 Å². The molecule has 2 aromatic carbocycles. The van der Waals surface area contributed by atoms with Crippen molar-refractivity contribution >= 4 is 5.91 Å². The number of carbonyl (C=O) groups is 1. The summed E-state index contributed by atoms with van der Waals surface area (Å²) in [6, 6.07) is 13.9. The molecule has 0 heterocycles. The van der Waals surface area contributed by atoms with Crippen LogP contribution in [0.25, 0.3) is 0 Å². The first-order valence-corrected chi connectivity index (χ1v) is 8.64. The Morgan fingerprint density at radius 3 is 2.20 bits per heavy atom. The number of nitrogens with one attached hydrogen (secondary N) is 1. The van der Waals surface area contributed by atoms with E-state index >= 15 is 0 Å². The predicted octanol–water partition coefficient (Wildman–Crippen LogP) is 4.00. The molecule has 0 saturated heterocycles. The van der Waals surface area contributed by atoms with Gasteiger partial charge in [-0.1, -0.05) is 32.0 Å². The van der Waals surface area contributed by atoms with Crippen LogP contribution in [0.15, 0.2) is 42.5 Å². The number of rotatable bonds is 8. The molecule has 0 saturated carbocycles. The van der Waals surface area contributed by atoms with Crippen molar-refractivity contribution in [1.82, 2.24) is 5.32 Å². The fraction of sp³-hybridized carbons (Fsp3) is 0.381. The molecule has 1 amide bonds. The Bertz CT molecular complexity index is 673. The first kappa shape index (κ1) is 18.8. The third-order valence-corrected chi connectivity index (χ3v) is 3.80. The molecule has 0 unspecified atom stereocenters. The molecule has 0 atom stereocenters. The fourth-order valence-electron chi connectivity index (χ4n) is 2.52. The van der Waals surface area contributed by atoms with Gasteiger partial charge in [0.1, 0.15) is 18.1 Å². The molecule has 25 heavy (non-hydrogen) atoms. The molecular formula is C21H27NO3. The standard InChI is InChI=1S/C21H27NO3/c1-15(2)18-5-7-19(8-6-18)25-14-21(23)22-9-10-24-20-12-16(3)11-17(4)13-20/h5-8,11-13,15H,9-10,14H2,1-4H3,(H,22,23). The number of aryl methyl sites for hydroxylation is 2. The van der Waals surface area contributed by atoms with Crippen molar-refractivity contribution in [2.45, 2.75) is 33.6 Å². The van der Waals surface area contributed by atoms with Gasteiger partial charge in [-0.15, -0.1) is 0 Å². The van der Waals surface area contributed by atoms with Crippen LogP contribution < -0.4 is 14.8 Å². The van der Waals surface area contributed by atoms with E-state index in [-0.39, 0.29) is 12.5 Å². The predicted molar refractivity (Wildman–Crippen MR) is 100 cm³/mol. The van der Waals surface area contributed by atoms with Gasteiger partial charge in [-0.25, -0.2) is 0 Å². The first-order valence-electron chi connectivity index (χ1n) is 8.64. The molecule has 0 spiro atoms. The summed E-state index contributed by atoms with van der Waals surface area (Å²) in [5.41, 5.74) is 3.58. The van der Waals surface area contributed by atoms with Crippen LogP contribution in [0, 0.1) is 13.8 Å². The van der Waals surface area contributed by atoms with E-state index in [1.807, 2.05) is 50.2 Å². The number of carbonyl (C=O) groups excluding carboxylic acids is 1. The molecule has 1 N–H and O–H groups in total. The van der Waals surface area contributed by atoms with Crippen LogP contribution in [-0.2, 0) is 4.79 Å². The minimum absolute atomic E-state index is 0.00454. The van der Waals surface area contributed by atoms with Gasteiger partial charge in [-0.05, 0) is 60.7 Å². The lowest BCUT2D eigenvalue weighted by Crippen LogP contribution is -2.32. The van der Waals surface area contributed by atoms with E-state index in [4.69, 9.17) is 9.47 Å². The average molecular weight is 341 g/mol. The zero-order chi connectivity index (χ0) is 18.2. The SMILES string of the molecule is Cc1cc(C)cc(OCCNC(=O)COc2ccc(C(C)C)cc2)c1. The van der Waals surface area contributed by atoms with Gasteiger partial charge >= 0.3 is 0 Å². The Morgan fingerprint density at radius 2 is 1.60 bits per heavy atom. The van der Waals surface area contributed by atoms with Crippen molar-refractivity contribution in [2.75, 3.05) is 19.8 Å². The molecular weight excluding hydrogens is 314 g/mol. The van der Waals surface area contributed by atoms with Gasteiger partial charge in [0.15, 0.2) is 6.61 Å². The lowest BCUT2D eigenvalue weighted by Gasteiger charge is -2.11. The highest BCUT2D eigenvalue weighted by atomic mass is 16.5. The van der Waals surface area contributed by atoms with E-state index in [9.17, 15) is 4.79 Å². The average Bonchev–Trinajstić information content (AvgIpc) is 2.56. The van der Waals surface area contributed by atoms with Crippen molar-refractivity contribution < 1.29 is 14.3 Å². The van der Waals surface area contributed by atoms with E-state index in [0.29, 0.717) is 24.8 Å². The molecule has 0 aliphatic rings. The third-order valence-electron chi connectivity index (χ3n) is 3.80. The van der Waals surface area contributed by atoms with Gasteiger partial charge < -0.3 is 14.8 Å². The van der Waals surface area contributed by atoms with Gasteiger partial charge in [0, 0.05) is 0 Å². The second-order valence-corrected chi connectivity index (χ2v) is 6.53. The summed E-state index contributed by atoms with van der Waals surface area (Å²) in [6.45, 7) is 9.23. The van der Waals surface area contributed by atoms with Crippen LogP contribution in [0.1, 0.15) is 36.5 Å². The molecule has 0 bridgehead atoms. The molecule has 4 nitrogen and oxygen atoms in total. The van der Waals surface area contributed by atoms with Gasteiger partial charge in [0.25, 0.3) is 5.91 Å². The molecule has 2 rings (SSSR count). The topological polar surface area (TPSA) is 47.6 Å². The second-order valence-electron chi connectivity index (χ2n) is 6.53. The molecule has 0 aliphatic carbocycles. The van der Waals surface area contributed by atoms with Crippen molar-refractivity contribution in [3.8, 4) is 11.5 Å². The van der Waals surface area contributed by atoms with Crippen molar-refractivity contribution in [2.24, 2.45) is 0 Å². The molecule has 134 valence electrons. The van der Waals surface area contributed by atoms with E-state index in [2.05, 4.69) is 25.2 Å². The summed E-state index contributed by atoms with van der Waals surface area (Å²) in [5, 5.41) is 2.79. The Balaban J connectivity index is 1.67. The van der Waals surface area contributed by atoms with Gasteiger partial charge in [-0.3, -0.25) is 4.79 Å². The fourth-order valence-corrected chi connectivity index (χ4v) is 2.52. The zero-order valence-electron chi connectivity index (χ0n) is 15.5. The van der Waals surface area contributed by atoms with E-state index in [0.717, 1.165) is 16.9 Å². The van der Waals surface area contributed by atoms with Crippen LogP contribution in [0.2, 0.25) is 0 Å². The minimum Gasteiger partial charge on any atom is -0.492 e. The molecule has 0 fully saturated rings. The van der Waals surface area contributed by atoms with Gasteiger partial charge in [0.05, 0.1) is 6.54 Å². The highest BCUT2D eigenvalue weighted by molar-refractivity contribution is 5.77. The van der Waals surface area contributed by atoms with E-state index in [1.165, 1.54) is 5.56 Å². The summed E-state index contributed by atoms with van der Waals surface area (Å²) < 4.78 is 11.2. The van der Waals surface area contributed by atoms with Crippen LogP contribution >= 0.6 is 0 Å². The maximum absolute atomic E-state index is 11.8. The summed E-state index contributed by atoms with van der Waals surface area (Å²) in [4.78, 5) is 11.8. The van der Waals surface area contributed by atoms with Crippen LogP contribution in [0.4, 0.5) is 0 Å². The third kappa shape index (κ3) is 6.49. The smallest absolute Gasteiger partial charge is 0.258 e. The van der Waals surface area contributed by atoms with Crippen LogP contribution in [0.3, 0.4) is 0 Å². The lowest BCUT2D eigenvalue weighted by atomic mass is 10.0. The first-order chi connectivity index (χ1) is 11.9. The zero-order valence-corrected chi connectivity index (χ0v) is 15.5. The molecule has 0 aromatic heterocycles. The number of ether oxygens (including phenoxy) is 2. The van der Waals surface area contributed by atoms with Crippen molar-refractivity contribution in [3.63, 3.8) is 0 Å². The van der Waals surface area contributed by atoms with Gasteiger partial charge in [0.2, 0.25) is 0 Å². The molecule has 4 heteroatoms. The quantitative estimate of drug-likeness (QED) is 0.738.